The summed E-state index contributed by atoms with van der Waals surface area (Å²) in [5, 5.41) is 11.7. The van der Waals surface area contributed by atoms with Crippen molar-refractivity contribution >= 4 is 9.39 Å². The average molecular weight is 180 g/mol. The van der Waals surface area contributed by atoms with Crippen molar-refractivity contribution in [1.82, 2.24) is 5.09 Å². The molecule has 11 heavy (non-hydrogen) atoms. The lowest BCUT2D eigenvalue weighted by Gasteiger charge is -2.11. The van der Waals surface area contributed by atoms with Gasteiger partial charge in [0.15, 0.2) is 0 Å². The van der Waals surface area contributed by atoms with E-state index in [2.05, 4.69) is 14.5 Å². The highest BCUT2D eigenvalue weighted by molar-refractivity contribution is 7.13. The molecule has 0 spiro atoms. The monoisotopic (exact) mass is 180 g/mol. The molecule has 0 amide bonds. The third-order valence-electron chi connectivity index (χ3n) is 1.19. The third kappa shape index (κ3) is 13.3. The first-order chi connectivity index (χ1) is 5.09. The molecule has 3 nitrogen and oxygen atoms in total. The maximum Gasteiger partial charge on any atom is 0.0688 e. The minimum Gasteiger partial charge on any atom is -0.392 e. The van der Waals surface area contributed by atoms with Crippen LogP contribution in [0.25, 0.3) is 0 Å². The van der Waals surface area contributed by atoms with Gasteiger partial charge in [-0.1, -0.05) is 22.7 Å². The van der Waals surface area contributed by atoms with Gasteiger partial charge in [0, 0.05) is 6.04 Å². The average Bonchev–Trinajstić information content (AvgIpc) is 1.90. The van der Waals surface area contributed by atoms with Crippen LogP contribution in [-0.4, -0.2) is 24.3 Å². The standard InChI is InChI=1S/C6H15NO.CH6NP/c1-3-4-6(8)5(2)7;1-2-3/h5-6,8H,3-4,7H2,1-2H3;2H,3H2,1H3. The predicted octanol–water partition coefficient (Wildman–Crippen LogP) is 0.490. The van der Waals surface area contributed by atoms with Crippen molar-refractivity contribution in [2.45, 2.75) is 38.8 Å². The fourth-order valence-electron chi connectivity index (χ4n) is 0.559. The van der Waals surface area contributed by atoms with E-state index < -0.39 is 0 Å². The summed E-state index contributed by atoms with van der Waals surface area (Å²) < 4.78 is 0. The van der Waals surface area contributed by atoms with Gasteiger partial charge < -0.3 is 15.9 Å². The van der Waals surface area contributed by atoms with Crippen LogP contribution in [0.4, 0.5) is 0 Å². The summed E-state index contributed by atoms with van der Waals surface area (Å²) in [5.41, 5.74) is 5.37. The zero-order valence-corrected chi connectivity index (χ0v) is 8.83. The normalized spacial score (nSPS) is 14.7. The number of nitrogens with two attached hydrogens (primary N) is 1. The van der Waals surface area contributed by atoms with Crippen LogP contribution in [0.2, 0.25) is 0 Å². The molecule has 0 aromatic heterocycles. The minimum absolute atomic E-state index is 0.0741. The van der Waals surface area contributed by atoms with Crippen LogP contribution in [0.15, 0.2) is 0 Å². The molecular weight excluding hydrogens is 159 g/mol. The van der Waals surface area contributed by atoms with Gasteiger partial charge in [0.25, 0.3) is 0 Å². The molecule has 3 atom stereocenters. The van der Waals surface area contributed by atoms with E-state index in [1.807, 2.05) is 20.9 Å². The number of nitrogens with one attached hydrogen (secondary N) is 1. The van der Waals surface area contributed by atoms with Crippen LogP contribution >= 0.6 is 9.39 Å². The largest absolute Gasteiger partial charge is 0.392 e. The summed E-state index contributed by atoms with van der Waals surface area (Å²) in [6, 6.07) is -0.0741. The molecule has 4 heteroatoms. The molecule has 3 unspecified atom stereocenters. The Morgan fingerprint density at radius 1 is 1.64 bits per heavy atom. The molecular formula is C7H21N2OP. The summed E-state index contributed by atoms with van der Waals surface area (Å²) in [5.74, 6) is 0. The molecule has 0 heterocycles. The Kier molecular flexibility index (Phi) is 13.0. The second-order valence-electron chi connectivity index (χ2n) is 2.50. The van der Waals surface area contributed by atoms with Crippen molar-refractivity contribution in [3.63, 3.8) is 0 Å². The Hall–Kier alpha value is 0.310. The SMILES string of the molecule is CCCC(O)C(C)N.CNP. The van der Waals surface area contributed by atoms with E-state index in [0.717, 1.165) is 12.8 Å². The summed E-state index contributed by atoms with van der Waals surface area (Å²) in [6.45, 7) is 3.85. The number of aliphatic hydroxyl groups excluding tert-OH is 1. The molecule has 0 saturated heterocycles. The van der Waals surface area contributed by atoms with Crippen molar-refractivity contribution in [2.24, 2.45) is 5.73 Å². The molecule has 0 radical (unpaired) electrons. The maximum atomic E-state index is 9.00. The molecule has 0 aliphatic carbocycles. The van der Waals surface area contributed by atoms with E-state index in [1.165, 1.54) is 0 Å². The zero-order valence-electron chi connectivity index (χ0n) is 7.67. The van der Waals surface area contributed by atoms with E-state index in [4.69, 9.17) is 10.8 Å². The van der Waals surface area contributed by atoms with Crippen molar-refractivity contribution in [3.05, 3.63) is 0 Å². The van der Waals surface area contributed by atoms with Crippen molar-refractivity contribution in [1.29, 1.82) is 0 Å². The molecule has 0 fully saturated rings. The summed E-state index contributed by atoms with van der Waals surface area (Å²) >= 11 is 0. The van der Waals surface area contributed by atoms with E-state index in [9.17, 15) is 0 Å². The molecule has 4 N–H and O–H groups in total. The molecule has 0 saturated carbocycles. The van der Waals surface area contributed by atoms with E-state index >= 15 is 0 Å². The molecule has 0 aromatic carbocycles. The summed E-state index contributed by atoms with van der Waals surface area (Å²) in [4.78, 5) is 0. The molecule has 0 rings (SSSR count). The third-order valence-corrected chi connectivity index (χ3v) is 1.19. The Labute approximate surface area is 72.0 Å². The van der Waals surface area contributed by atoms with Gasteiger partial charge in [0.1, 0.15) is 0 Å². The van der Waals surface area contributed by atoms with E-state index in [-0.39, 0.29) is 12.1 Å². The Morgan fingerprint density at radius 2 is 2.00 bits per heavy atom. The van der Waals surface area contributed by atoms with Crippen molar-refractivity contribution < 1.29 is 5.11 Å². The smallest absolute Gasteiger partial charge is 0.0688 e. The topological polar surface area (TPSA) is 58.3 Å². The van der Waals surface area contributed by atoms with Gasteiger partial charge >= 0.3 is 0 Å². The van der Waals surface area contributed by atoms with E-state index in [0.29, 0.717) is 0 Å². The number of aliphatic hydroxyl groups is 1. The van der Waals surface area contributed by atoms with Crippen LogP contribution < -0.4 is 10.8 Å². The first kappa shape index (κ1) is 13.9. The lowest BCUT2D eigenvalue weighted by Crippen LogP contribution is -2.30. The highest BCUT2D eigenvalue weighted by atomic mass is 31.0. The van der Waals surface area contributed by atoms with Crippen LogP contribution in [0, 0.1) is 0 Å². The van der Waals surface area contributed by atoms with Crippen LogP contribution in [-0.2, 0) is 0 Å². The lowest BCUT2D eigenvalue weighted by atomic mass is 10.1. The van der Waals surface area contributed by atoms with Gasteiger partial charge in [-0.2, -0.15) is 0 Å². The Balaban J connectivity index is 0. The first-order valence-corrected chi connectivity index (χ1v) is 4.48. The Bertz CT molecular complexity index is 71.5. The van der Waals surface area contributed by atoms with Crippen LogP contribution in [0.1, 0.15) is 26.7 Å². The zero-order chi connectivity index (χ0) is 9.28. The van der Waals surface area contributed by atoms with Crippen molar-refractivity contribution in [2.75, 3.05) is 7.05 Å². The highest BCUT2D eigenvalue weighted by Crippen LogP contribution is 1.97. The molecule has 0 aliphatic rings. The van der Waals surface area contributed by atoms with Gasteiger partial charge in [0.2, 0.25) is 0 Å². The van der Waals surface area contributed by atoms with Gasteiger partial charge in [-0.3, -0.25) is 0 Å². The quantitative estimate of drug-likeness (QED) is 0.554. The first-order valence-electron chi connectivity index (χ1n) is 3.91. The van der Waals surface area contributed by atoms with Gasteiger partial charge in [-0.25, -0.2) is 0 Å². The van der Waals surface area contributed by atoms with Crippen LogP contribution in [0.5, 0.6) is 0 Å². The fraction of sp³-hybridized carbons (Fsp3) is 1.00. The molecule has 0 bridgehead atoms. The molecule has 0 aromatic rings. The van der Waals surface area contributed by atoms with Crippen molar-refractivity contribution in [3.8, 4) is 0 Å². The second-order valence-corrected chi connectivity index (χ2v) is 3.08. The van der Waals surface area contributed by atoms with E-state index in [1.54, 1.807) is 0 Å². The maximum absolute atomic E-state index is 9.00. The van der Waals surface area contributed by atoms with Gasteiger partial charge in [-0.15, -0.1) is 0 Å². The highest BCUT2D eigenvalue weighted by Gasteiger charge is 2.05. The lowest BCUT2D eigenvalue weighted by molar-refractivity contribution is 0.140. The fourth-order valence-corrected chi connectivity index (χ4v) is 0.559. The predicted molar refractivity (Wildman–Crippen MR) is 53.3 cm³/mol. The number of rotatable bonds is 3. The molecule has 0 aliphatic heterocycles. The minimum atomic E-state index is -0.306. The summed E-state index contributed by atoms with van der Waals surface area (Å²) in [6.07, 6.45) is 1.51. The number of hydrogen-bond donors (Lipinski definition) is 3. The summed E-state index contributed by atoms with van der Waals surface area (Å²) in [7, 11) is 4.17. The van der Waals surface area contributed by atoms with Gasteiger partial charge in [-0.05, 0) is 20.4 Å². The number of hydrogen-bond acceptors (Lipinski definition) is 3. The van der Waals surface area contributed by atoms with Gasteiger partial charge in [0.05, 0.1) is 6.10 Å². The van der Waals surface area contributed by atoms with Crippen LogP contribution in [0.3, 0.4) is 0 Å². The second kappa shape index (κ2) is 10.3. The Morgan fingerprint density at radius 3 is 2.09 bits per heavy atom. The molecule has 70 valence electrons.